The molecule has 1 fully saturated rings. The molecule has 0 saturated heterocycles. The minimum absolute atomic E-state index is 0.0470. The Morgan fingerprint density at radius 1 is 0.949 bits per heavy atom. The molecule has 1 atom stereocenters. The summed E-state index contributed by atoms with van der Waals surface area (Å²) >= 11 is 7.64. The highest BCUT2D eigenvalue weighted by Crippen LogP contribution is 2.24. The monoisotopic (exact) mass is 566 g/mol. The van der Waals surface area contributed by atoms with Gasteiger partial charge in [-0.25, -0.2) is 4.39 Å². The molecule has 0 spiro atoms. The van der Waals surface area contributed by atoms with Crippen molar-refractivity contribution in [3.05, 3.63) is 101 Å². The summed E-state index contributed by atoms with van der Waals surface area (Å²) in [6, 6.07) is 23.2. The van der Waals surface area contributed by atoms with Crippen LogP contribution in [0.2, 0.25) is 5.02 Å². The van der Waals surface area contributed by atoms with Crippen molar-refractivity contribution in [3.8, 4) is 0 Å². The van der Waals surface area contributed by atoms with E-state index in [1.807, 2.05) is 54.6 Å². The lowest BCUT2D eigenvalue weighted by Crippen LogP contribution is -2.52. The van der Waals surface area contributed by atoms with E-state index in [1.165, 1.54) is 12.5 Å². The largest absolute Gasteiger partial charge is 0.352 e. The zero-order chi connectivity index (χ0) is 27.5. The topological polar surface area (TPSA) is 49.4 Å². The van der Waals surface area contributed by atoms with Crippen LogP contribution in [-0.4, -0.2) is 34.6 Å². The molecule has 1 aliphatic carbocycles. The van der Waals surface area contributed by atoms with Gasteiger partial charge in [0.15, 0.2) is 0 Å². The number of carbonyl (C=O) groups excluding carboxylic acids is 2. The molecule has 0 unspecified atom stereocenters. The summed E-state index contributed by atoms with van der Waals surface area (Å²) in [5, 5.41) is 3.92. The van der Waals surface area contributed by atoms with Crippen molar-refractivity contribution in [2.75, 3.05) is 5.75 Å². The van der Waals surface area contributed by atoms with Gasteiger partial charge >= 0.3 is 0 Å². The maximum atomic E-state index is 14.7. The first-order chi connectivity index (χ1) is 19.0. The molecule has 0 heterocycles. The molecule has 1 N–H and O–H groups in total. The van der Waals surface area contributed by atoms with Crippen molar-refractivity contribution >= 4 is 35.2 Å². The van der Waals surface area contributed by atoms with Crippen LogP contribution in [-0.2, 0) is 22.6 Å². The molecule has 1 aliphatic rings. The first kappa shape index (κ1) is 29.2. The van der Waals surface area contributed by atoms with E-state index in [9.17, 15) is 14.0 Å². The zero-order valence-electron chi connectivity index (χ0n) is 22.2. The molecule has 0 radical (unpaired) electrons. The SMILES string of the molecule is O=C(NC1CCCCC1)[C@H](Cc1ccccc1)N(Cc1ccccc1F)C(=O)CCCSc1ccc(Cl)cc1. The molecule has 2 amide bonds. The number of rotatable bonds is 12. The van der Waals surface area contributed by atoms with Crippen molar-refractivity contribution < 1.29 is 14.0 Å². The summed E-state index contributed by atoms with van der Waals surface area (Å²) in [6.45, 7) is 0.0470. The number of nitrogens with zero attached hydrogens (tertiary/aromatic N) is 1. The van der Waals surface area contributed by atoms with Crippen molar-refractivity contribution in [1.82, 2.24) is 10.2 Å². The van der Waals surface area contributed by atoms with Crippen molar-refractivity contribution in [3.63, 3.8) is 0 Å². The van der Waals surface area contributed by atoms with Gasteiger partial charge < -0.3 is 10.2 Å². The number of hydrogen-bond donors (Lipinski definition) is 1. The van der Waals surface area contributed by atoms with Gasteiger partial charge in [0.2, 0.25) is 11.8 Å². The third-order valence-corrected chi connectivity index (χ3v) is 8.49. The number of hydrogen-bond acceptors (Lipinski definition) is 3. The Morgan fingerprint density at radius 2 is 1.64 bits per heavy atom. The van der Waals surface area contributed by atoms with E-state index in [0.717, 1.165) is 41.9 Å². The van der Waals surface area contributed by atoms with Crippen LogP contribution in [0.4, 0.5) is 4.39 Å². The smallest absolute Gasteiger partial charge is 0.243 e. The van der Waals surface area contributed by atoms with E-state index in [2.05, 4.69) is 5.32 Å². The lowest BCUT2D eigenvalue weighted by molar-refractivity contribution is -0.141. The second kappa shape index (κ2) is 15.1. The highest BCUT2D eigenvalue weighted by molar-refractivity contribution is 7.99. The Labute approximate surface area is 240 Å². The number of carbonyl (C=O) groups is 2. The molecule has 4 nitrogen and oxygen atoms in total. The van der Waals surface area contributed by atoms with Crippen molar-refractivity contribution in [2.45, 2.75) is 74.9 Å². The van der Waals surface area contributed by atoms with Crippen LogP contribution in [0.15, 0.2) is 83.8 Å². The van der Waals surface area contributed by atoms with Crippen LogP contribution in [0, 0.1) is 5.82 Å². The molecular formula is C32H36ClFN2O2S. The molecule has 3 aromatic carbocycles. The lowest BCUT2D eigenvalue weighted by atomic mass is 9.94. The number of amides is 2. The van der Waals surface area contributed by atoms with E-state index in [1.54, 1.807) is 34.9 Å². The van der Waals surface area contributed by atoms with Crippen LogP contribution in [0.25, 0.3) is 0 Å². The summed E-state index contributed by atoms with van der Waals surface area (Å²) in [5.74, 6) is 0.0684. The van der Waals surface area contributed by atoms with Gasteiger partial charge in [0.1, 0.15) is 11.9 Å². The van der Waals surface area contributed by atoms with E-state index >= 15 is 0 Å². The second-order valence-corrected chi connectivity index (χ2v) is 11.7. The fourth-order valence-corrected chi connectivity index (χ4v) is 5.98. The molecule has 206 valence electrons. The Kier molecular flexibility index (Phi) is 11.3. The second-order valence-electron chi connectivity index (χ2n) is 10.1. The molecule has 39 heavy (non-hydrogen) atoms. The Hall–Kier alpha value is -2.83. The molecule has 4 rings (SSSR count). The number of thioether (sulfide) groups is 1. The normalized spacial score (nSPS) is 14.5. The summed E-state index contributed by atoms with van der Waals surface area (Å²) < 4.78 is 14.7. The van der Waals surface area contributed by atoms with E-state index in [4.69, 9.17) is 11.6 Å². The van der Waals surface area contributed by atoms with Gasteiger partial charge in [-0.3, -0.25) is 9.59 Å². The number of halogens is 2. The first-order valence-corrected chi connectivity index (χ1v) is 15.1. The van der Waals surface area contributed by atoms with Gasteiger partial charge in [-0.15, -0.1) is 11.8 Å². The van der Waals surface area contributed by atoms with Crippen LogP contribution in [0.5, 0.6) is 0 Å². The maximum Gasteiger partial charge on any atom is 0.243 e. The molecule has 0 aromatic heterocycles. The molecule has 0 aliphatic heterocycles. The van der Waals surface area contributed by atoms with Crippen LogP contribution < -0.4 is 5.32 Å². The number of benzene rings is 3. The fraction of sp³-hybridized carbons (Fsp3) is 0.375. The average molecular weight is 567 g/mol. The summed E-state index contributed by atoms with van der Waals surface area (Å²) in [4.78, 5) is 30.2. The van der Waals surface area contributed by atoms with Crippen LogP contribution >= 0.6 is 23.4 Å². The summed E-state index contributed by atoms with van der Waals surface area (Å²) in [5.41, 5.74) is 1.37. The third-order valence-electron chi connectivity index (χ3n) is 7.14. The molecule has 3 aromatic rings. The van der Waals surface area contributed by atoms with Gasteiger partial charge in [-0.05, 0) is 60.9 Å². The van der Waals surface area contributed by atoms with E-state index in [-0.39, 0.29) is 36.6 Å². The Balaban J connectivity index is 1.52. The third kappa shape index (κ3) is 9.11. The van der Waals surface area contributed by atoms with Crippen molar-refractivity contribution in [2.24, 2.45) is 0 Å². The molecular weight excluding hydrogens is 531 g/mol. The van der Waals surface area contributed by atoms with Crippen LogP contribution in [0.3, 0.4) is 0 Å². The minimum atomic E-state index is -0.731. The van der Waals surface area contributed by atoms with Gasteiger partial charge in [-0.2, -0.15) is 0 Å². The predicted octanol–water partition coefficient (Wildman–Crippen LogP) is 7.44. The average Bonchev–Trinajstić information content (AvgIpc) is 2.96. The minimum Gasteiger partial charge on any atom is -0.352 e. The summed E-state index contributed by atoms with van der Waals surface area (Å²) in [6.07, 6.45) is 6.57. The number of nitrogens with one attached hydrogen (secondary N) is 1. The van der Waals surface area contributed by atoms with E-state index < -0.39 is 6.04 Å². The predicted molar refractivity (Wildman–Crippen MR) is 157 cm³/mol. The quantitative estimate of drug-likeness (QED) is 0.183. The highest BCUT2D eigenvalue weighted by atomic mass is 35.5. The van der Waals surface area contributed by atoms with Gasteiger partial charge in [0.05, 0.1) is 0 Å². The Morgan fingerprint density at radius 3 is 2.36 bits per heavy atom. The molecule has 0 bridgehead atoms. The molecule has 1 saturated carbocycles. The zero-order valence-corrected chi connectivity index (χ0v) is 23.7. The fourth-order valence-electron chi connectivity index (χ4n) is 5.00. The first-order valence-electron chi connectivity index (χ1n) is 13.7. The summed E-state index contributed by atoms with van der Waals surface area (Å²) in [7, 11) is 0. The molecule has 7 heteroatoms. The van der Waals surface area contributed by atoms with E-state index in [0.29, 0.717) is 23.4 Å². The van der Waals surface area contributed by atoms with Crippen LogP contribution in [0.1, 0.15) is 56.1 Å². The standard InChI is InChI=1S/C32H36ClFN2O2S/c33-26-17-19-28(20-18-26)39-21-9-16-31(37)36(23-25-12-7-8-15-29(25)34)30(22-24-10-3-1-4-11-24)32(38)35-27-13-5-2-6-14-27/h1,3-4,7-8,10-12,15,17-20,27,30H,2,5-6,9,13-14,16,21-23H2,(H,35,38)/t30-/m0/s1. The van der Waals surface area contributed by atoms with Crippen molar-refractivity contribution in [1.29, 1.82) is 0 Å². The van der Waals surface area contributed by atoms with Gasteiger partial charge in [-0.1, -0.05) is 79.4 Å². The van der Waals surface area contributed by atoms with Gasteiger partial charge in [0.25, 0.3) is 0 Å². The highest BCUT2D eigenvalue weighted by Gasteiger charge is 2.32. The maximum absolute atomic E-state index is 14.7. The van der Waals surface area contributed by atoms with Gasteiger partial charge in [0, 0.05) is 40.9 Å². The lowest BCUT2D eigenvalue weighted by Gasteiger charge is -2.33. The Bertz CT molecular complexity index is 1200.